The first-order valence-electron chi connectivity index (χ1n) is 31.2. The van der Waals surface area contributed by atoms with Crippen LogP contribution in [0.3, 0.4) is 0 Å². The minimum absolute atomic E-state index is 0.253. The predicted octanol–water partition coefficient (Wildman–Crippen LogP) is 11.1. The number of carbonyl (C=O) groups is 1. The molecule has 0 aromatic carbocycles. The zero-order valence-electron chi connectivity index (χ0n) is 48.6. The van der Waals surface area contributed by atoms with Gasteiger partial charge >= 0.3 is 0 Å². The third-order valence-corrected chi connectivity index (χ3v) is 14.9. The summed E-state index contributed by atoms with van der Waals surface area (Å²) < 4.78 is 22.6. The second kappa shape index (κ2) is 49.1. The Labute approximate surface area is 472 Å². The average molecular weight is 1100 g/mol. The van der Waals surface area contributed by atoms with Crippen molar-refractivity contribution in [3.05, 3.63) is 72.9 Å². The standard InChI is InChI=1S/C64H113NO13/c1-3-5-7-9-11-12-13-14-15-16-17-18-19-20-21-22-23-24-25-26-27-28-29-30-31-32-33-34-35-36-37-38-39-40-42-44-46-48-56(69)65-52(53(68)47-45-43-41-10-8-6-4-2)51-75-63-61(74)59(72)62(55(50-67)77-63)78-64-60(73)58(71)57(70)54(49-66)76-64/h5,7-8,10-12,14-15,17-18,45,47,52-55,57-64,66-68,70-74H,3-4,6,9,13,16,19-44,46,48-51H2,1-2H3,(H,65,69)/b7-5-,10-8+,12-11-,15-14-,18-17-,47-45+. The Morgan fingerprint density at radius 1 is 0.474 bits per heavy atom. The molecule has 0 radical (unpaired) electrons. The van der Waals surface area contributed by atoms with Crippen LogP contribution in [0.5, 0.6) is 0 Å². The number of rotatable bonds is 49. The number of ether oxygens (including phenoxy) is 4. The molecule has 0 aromatic heterocycles. The van der Waals surface area contributed by atoms with Crippen molar-refractivity contribution in [1.82, 2.24) is 5.32 Å². The van der Waals surface area contributed by atoms with E-state index in [9.17, 15) is 45.6 Å². The highest BCUT2D eigenvalue weighted by Crippen LogP contribution is 2.30. The summed E-state index contributed by atoms with van der Waals surface area (Å²) in [5.41, 5.74) is 0. The van der Waals surface area contributed by atoms with Crippen LogP contribution in [-0.2, 0) is 23.7 Å². The molecule has 12 unspecified atom stereocenters. The summed E-state index contributed by atoms with van der Waals surface area (Å²) in [7, 11) is 0. The maximum atomic E-state index is 13.2. The lowest BCUT2D eigenvalue weighted by Gasteiger charge is -2.46. The summed E-state index contributed by atoms with van der Waals surface area (Å²) in [5, 5.41) is 86.6. The highest BCUT2D eigenvalue weighted by atomic mass is 16.7. The highest BCUT2D eigenvalue weighted by molar-refractivity contribution is 5.76. The van der Waals surface area contributed by atoms with Gasteiger partial charge < -0.3 is 65.1 Å². The van der Waals surface area contributed by atoms with E-state index in [0.29, 0.717) is 12.8 Å². The van der Waals surface area contributed by atoms with Crippen LogP contribution in [0.1, 0.15) is 232 Å². The number of carbonyl (C=O) groups excluding carboxylic acids is 1. The lowest BCUT2D eigenvalue weighted by molar-refractivity contribution is -0.359. The molecule has 9 N–H and O–H groups in total. The lowest BCUT2D eigenvalue weighted by Crippen LogP contribution is -2.65. The first-order valence-corrected chi connectivity index (χ1v) is 31.2. The second-order valence-corrected chi connectivity index (χ2v) is 21.8. The van der Waals surface area contributed by atoms with E-state index < -0.39 is 86.8 Å². The third-order valence-electron chi connectivity index (χ3n) is 14.9. The van der Waals surface area contributed by atoms with Gasteiger partial charge in [-0.2, -0.15) is 0 Å². The van der Waals surface area contributed by atoms with Crippen LogP contribution >= 0.6 is 0 Å². The molecule has 0 saturated carbocycles. The van der Waals surface area contributed by atoms with Gasteiger partial charge in [-0.05, 0) is 64.2 Å². The molecule has 2 fully saturated rings. The zero-order valence-corrected chi connectivity index (χ0v) is 48.6. The van der Waals surface area contributed by atoms with E-state index in [-0.39, 0.29) is 18.9 Å². The molecule has 0 spiro atoms. The minimum Gasteiger partial charge on any atom is -0.394 e. The molecule has 452 valence electrons. The van der Waals surface area contributed by atoms with Gasteiger partial charge in [-0.3, -0.25) is 4.79 Å². The largest absolute Gasteiger partial charge is 0.394 e. The quantitative estimate of drug-likeness (QED) is 0.0204. The number of aliphatic hydroxyl groups is 8. The maximum absolute atomic E-state index is 13.2. The van der Waals surface area contributed by atoms with Crippen LogP contribution < -0.4 is 5.32 Å². The number of nitrogens with one attached hydrogen (secondary N) is 1. The van der Waals surface area contributed by atoms with Gasteiger partial charge in [0.05, 0.1) is 32.0 Å². The second-order valence-electron chi connectivity index (χ2n) is 21.8. The van der Waals surface area contributed by atoms with Crippen molar-refractivity contribution < 1.29 is 64.6 Å². The van der Waals surface area contributed by atoms with Gasteiger partial charge in [-0.15, -0.1) is 0 Å². The Hall–Kier alpha value is -2.57. The molecule has 1 amide bonds. The first-order chi connectivity index (χ1) is 38.1. The number of hydrogen-bond acceptors (Lipinski definition) is 13. The normalized spacial score (nSPS) is 25.1. The molecule has 2 rings (SSSR count). The summed E-state index contributed by atoms with van der Waals surface area (Å²) in [4.78, 5) is 13.2. The van der Waals surface area contributed by atoms with Crippen molar-refractivity contribution in [1.29, 1.82) is 0 Å². The van der Waals surface area contributed by atoms with Gasteiger partial charge in [0.25, 0.3) is 0 Å². The Bertz CT molecular complexity index is 1580. The number of allylic oxidation sites excluding steroid dienone is 11. The van der Waals surface area contributed by atoms with Gasteiger partial charge in [-0.25, -0.2) is 0 Å². The molecular weight excluding hydrogens is 991 g/mol. The molecule has 14 nitrogen and oxygen atoms in total. The molecule has 78 heavy (non-hydrogen) atoms. The number of aliphatic hydroxyl groups excluding tert-OH is 8. The van der Waals surface area contributed by atoms with Crippen molar-refractivity contribution in [2.45, 2.75) is 306 Å². The molecule has 2 heterocycles. The van der Waals surface area contributed by atoms with Gasteiger partial charge in [0.2, 0.25) is 5.91 Å². The molecule has 2 aliphatic heterocycles. The van der Waals surface area contributed by atoms with Crippen LogP contribution in [0.4, 0.5) is 0 Å². The van der Waals surface area contributed by atoms with Gasteiger partial charge in [0.1, 0.15) is 48.8 Å². The molecule has 2 saturated heterocycles. The Kier molecular flexibility index (Phi) is 45.0. The highest BCUT2D eigenvalue weighted by Gasteiger charge is 2.51. The monoisotopic (exact) mass is 1100 g/mol. The van der Waals surface area contributed by atoms with Crippen LogP contribution in [0.25, 0.3) is 0 Å². The summed E-state index contributed by atoms with van der Waals surface area (Å²) in [5.74, 6) is -0.253. The fourth-order valence-electron chi connectivity index (χ4n) is 9.90. The van der Waals surface area contributed by atoms with E-state index in [0.717, 1.165) is 64.2 Å². The Morgan fingerprint density at radius 2 is 0.897 bits per heavy atom. The molecule has 0 bridgehead atoms. The average Bonchev–Trinajstić information content (AvgIpc) is 3.47. The minimum atomic E-state index is -1.79. The molecule has 0 aliphatic carbocycles. The van der Waals surface area contributed by atoms with Crippen LogP contribution in [-0.4, -0.2) is 140 Å². The fourth-order valence-corrected chi connectivity index (χ4v) is 9.90. The third kappa shape index (κ3) is 34.0. The first kappa shape index (κ1) is 71.5. The maximum Gasteiger partial charge on any atom is 0.220 e. The van der Waals surface area contributed by atoms with Crippen LogP contribution in [0.2, 0.25) is 0 Å². The predicted molar refractivity (Wildman–Crippen MR) is 313 cm³/mol. The van der Waals surface area contributed by atoms with E-state index in [2.05, 4.69) is 79.9 Å². The summed E-state index contributed by atoms with van der Waals surface area (Å²) in [6.45, 7) is 2.54. The van der Waals surface area contributed by atoms with E-state index in [1.807, 2.05) is 6.08 Å². The number of unbranched alkanes of at least 4 members (excludes halogenated alkanes) is 26. The van der Waals surface area contributed by atoms with Crippen molar-refractivity contribution in [3.8, 4) is 0 Å². The zero-order chi connectivity index (χ0) is 56.7. The van der Waals surface area contributed by atoms with Crippen molar-refractivity contribution in [2.75, 3.05) is 19.8 Å². The molecule has 2 aliphatic rings. The smallest absolute Gasteiger partial charge is 0.220 e. The molecule has 0 aromatic rings. The van der Waals surface area contributed by atoms with E-state index in [1.54, 1.807) is 6.08 Å². The van der Waals surface area contributed by atoms with Gasteiger partial charge in [0, 0.05) is 6.42 Å². The van der Waals surface area contributed by atoms with Gasteiger partial charge in [-0.1, -0.05) is 234 Å². The van der Waals surface area contributed by atoms with Crippen LogP contribution in [0.15, 0.2) is 72.9 Å². The van der Waals surface area contributed by atoms with Crippen molar-refractivity contribution >= 4 is 5.91 Å². The Morgan fingerprint density at radius 3 is 1.40 bits per heavy atom. The Balaban J connectivity index is 1.52. The van der Waals surface area contributed by atoms with Crippen LogP contribution in [0, 0.1) is 0 Å². The van der Waals surface area contributed by atoms with E-state index in [4.69, 9.17) is 18.9 Å². The SMILES string of the molecule is CC/C=C\C/C=C\C/C=C\C/C=C\CCCCCCCCCCCCCCCCCCCCCCCCCCC(=O)NC(COC1OC(CO)C(OC2OC(CO)C(O)C(O)C2O)C(O)C1O)C(O)/C=C/CC/C=C/CCC. The number of amides is 1. The topological polar surface area (TPSA) is 228 Å². The van der Waals surface area contributed by atoms with Gasteiger partial charge in [0.15, 0.2) is 12.6 Å². The lowest BCUT2D eigenvalue weighted by atomic mass is 9.97. The fraction of sp³-hybridized carbons (Fsp3) is 0.797. The molecule has 12 atom stereocenters. The number of hydrogen-bond donors (Lipinski definition) is 9. The summed E-state index contributed by atoms with van der Waals surface area (Å²) in [6, 6.07) is -0.929. The molecule has 14 heteroatoms. The van der Waals surface area contributed by atoms with E-state index >= 15 is 0 Å². The summed E-state index contributed by atoms with van der Waals surface area (Å²) in [6.07, 6.45) is 48.9. The summed E-state index contributed by atoms with van der Waals surface area (Å²) >= 11 is 0. The van der Waals surface area contributed by atoms with E-state index in [1.165, 1.54) is 135 Å². The van der Waals surface area contributed by atoms with Crippen molar-refractivity contribution in [2.24, 2.45) is 0 Å². The van der Waals surface area contributed by atoms with Crippen molar-refractivity contribution in [3.63, 3.8) is 0 Å². The molecular formula is C64H113NO13.